The molecule has 0 aliphatic heterocycles. The van der Waals surface area contributed by atoms with Crippen LogP contribution in [0.25, 0.3) is 11.4 Å². The zero-order valence-corrected chi connectivity index (χ0v) is 11.2. The van der Waals surface area contributed by atoms with Crippen LogP contribution in [0.2, 0.25) is 5.02 Å². The van der Waals surface area contributed by atoms with E-state index in [0.29, 0.717) is 22.8 Å². The van der Waals surface area contributed by atoms with Crippen molar-refractivity contribution in [2.24, 2.45) is 0 Å². The van der Waals surface area contributed by atoms with Gasteiger partial charge < -0.3 is 9.84 Å². The van der Waals surface area contributed by atoms with Crippen LogP contribution in [0.5, 0.6) is 0 Å². The predicted octanol–water partition coefficient (Wildman–Crippen LogP) is 2.93. The molecule has 1 N–H and O–H groups in total. The van der Waals surface area contributed by atoms with Crippen LogP contribution in [-0.2, 0) is 6.42 Å². The Labute approximate surface area is 111 Å². The highest BCUT2D eigenvalue weighted by Gasteiger charge is 2.09. The summed E-state index contributed by atoms with van der Waals surface area (Å²) in [6.07, 6.45) is 1.74. The highest BCUT2D eigenvalue weighted by molar-refractivity contribution is 6.30. The quantitative estimate of drug-likeness (QED) is 0.903. The van der Waals surface area contributed by atoms with Crippen molar-refractivity contribution in [3.63, 3.8) is 0 Å². The second-order valence-corrected chi connectivity index (χ2v) is 4.69. The molecule has 0 bridgehead atoms. The number of rotatable bonds is 5. The third-order valence-corrected chi connectivity index (χ3v) is 3.07. The Hall–Kier alpha value is -1.39. The van der Waals surface area contributed by atoms with Crippen molar-refractivity contribution in [2.45, 2.75) is 25.8 Å². The van der Waals surface area contributed by atoms with Gasteiger partial charge in [0.1, 0.15) is 0 Å². The van der Waals surface area contributed by atoms with Crippen LogP contribution < -0.4 is 5.32 Å². The summed E-state index contributed by atoms with van der Waals surface area (Å²) in [4.78, 5) is 4.36. The van der Waals surface area contributed by atoms with Crippen LogP contribution in [0, 0.1) is 0 Å². The van der Waals surface area contributed by atoms with Crippen molar-refractivity contribution in [1.82, 2.24) is 15.5 Å². The number of aryl methyl sites for hydroxylation is 1. The molecule has 5 heteroatoms. The van der Waals surface area contributed by atoms with E-state index < -0.39 is 0 Å². The highest BCUT2D eigenvalue weighted by atomic mass is 35.5. The van der Waals surface area contributed by atoms with Gasteiger partial charge in [0.25, 0.3) is 0 Å². The maximum Gasteiger partial charge on any atom is 0.227 e. The van der Waals surface area contributed by atoms with Crippen molar-refractivity contribution in [3.8, 4) is 11.4 Å². The first-order chi connectivity index (χ1) is 8.69. The van der Waals surface area contributed by atoms with E-state index in [1.807, 2.05) is 31.3 Å². The van der Waals surface area contributed by atoms with Crippen molar-refractivity contribution >= 4 is 11.6 Å². The molecule has 1 aromatic carbocycles. The fourth-order valence-corrected chi connectivity index (χ4v) is 1.78. The Morgan fingerprint density at radius 3 is 3.00 bits per heavy atom. The predicted molar refractivity (Wildman–Crippen MR) is 71.6 cm³/mol. The maximum atomic E-state index is 5.93. The molecular formula is C13H16ClN3O. The molecule has 0 amide bonds. The number of aromatic nitrogens is 2. The molecule has 0 saturated carbocycles. The molecular weight excluding hydrogens is 250 g/mol. The summed E-state index contributed by atoms with van der Waals surface area (Å²) >= 11 is 5.93. The second-order valence-electron chi connectivity index (χ2n) is 4.25. The van der Waals surface area contributed by atoms with Crippen molar-refractivity contribution in [3.05, 3.63) is 35.2 Å². The Morgan fingerprint density at radius 2 is 2.28 bits per heavy atom. The van der Waals surface area contributed by atoms with Gasteiger partial charge in [0.05, 0.1) is 0 Å². The SMILES string of the molecule is CNC(C)CCc1nc(-c2cccc(Cl)c2)no1. The lowest BCUT2D eigenvalue weighted by Crippen LogP contribution is -2.21. The number of halogens is 1. The van der Waals surface area contributed by atoms with E-state index in [-0.39, 0.29) is 0 Å². The van der Waals surface area contributed by atoms with Gasteiger partial charge in [-0.1, -0.05) is 28.9 Å². The molecule has 0 spiro atoms. The fourth-order valence-electron chi connectivity index (χ4n) is 1.59. The van der Waals surface area contributed by atoms with Gasteiger partial charge in [0.2, 0.25) is 11.7 Å². The van der Waals surface area contributed by atoms with Gasteiger partial charge >= 0.3 is 0 Å². The largest absolute Gasteiger partial charge is 0.339 e. The van der Waals surface area contributed by atoms with Gasteiger partial charge in [0, 0.05) is 23.0 Å². The second kappa shape index (κ2) is 5.98. The molecule has 1 atom stereocenters. The lowest BCUT2D eigenvalue weighted by molar-refractivity contribution is 0.369. The minimum absolute atomic E-state index is 0.437. The molecule has 2 rings (SSSR count). The van der Waals surface area contributed by atoms with E-state index >= 15 is 0 Å². The van der Waals surface area contributed by atoms with Crippen LogP contribution >= 0.6 is 11.6 Å². The van der Waals surface area contributed by atoms with Crippen LogP contribution in [0.4, 0.5) is 0 Å². The van der Waals surface area contributed by atoms with Crippen LogP contribution in [-0.4, -0.2) is 23.2 Å². The van der Waals surface area contributed by atoms with E-state index in [2.05, 4.69) is 22.4 Å². The number of hydrogen-bond donors (Lipinski definition) is 1. The van der Waals surface area contributed by atoms with Crippen molar-refractivity contribution in [2.75, 3.05) is 7.05 Å². The van der Waals surface area contributed by atoms with Crippen LogP contribution in [0.15, 0.2) is 28.8 Å². The average Bonchev–Trinajstić information content (AvgIpc) is 2.84. The van der Waals surface area contributed by atoms with E-state index in [1.165, 1.54) is 0 Å². The molecule has 0 saturated heterocycles. The lowest BCUT2D eigenvalue weighted by atomic mass is 10.2. The van der Waals surface area contributed by atoms with Gasteiger partial charge in [-0.05, 0) is 32.5 Å². The van der Waals surface area contributed by atoms with Gasteiger partial charge in [-0.3, -0.25) is 0 Å². The Balaban J connectivity index is 2.06. The Morgan fingerprint density at radius 1 is 1.44 bits per heavy atom. The summed E-state index contributed by atoms with van der Waals surface area (Å²) in [6, 6.07) is 7.87. The molecule has 1 aromatic heterocycles. The molecule has 1 heterocycles. The average molecular weight is 266 g/mol. The van der Waals surface area contributed by atoms with Gasteiger partial charge in [-0.15, -0.1) is 0 Å². The molecule has 4 nitrogen and oxygen atoms in total. The van der Waals surface area contributed by atoms with Crippen LogP contribution in [0.3, 0.4) is 0 Å². The van der Waals surface area contributed by atoms with E-state index in [1.54, 1.807) is 0 Å². The maximum absolute atomic E-state index is 5.93. The monoisotopic (exact) mass is 265 g/mol. The standard InChI is InChI=1S/C13H16ClN3O/c1-9(15-2)6-7-12-16-13(17-18-12)10-4-3-5-11(14)8-10/h3-5,8-9,15H,6-7H2,1-2H3. The number of nitrogens with one attached hydrogen (secondary N) is 1. The molecule has 1 unspecified atom stereocenters. The topological polar surface area (TPSA) is 51.0 Å². The minimum atomic E-state index is 0.437. The number of nitrogens with zero attached hydrogens (tertiary/aromatic N) is 2. The number of hydrogen-bond acceptors (Lipinski definition) is 4. The molecule has 0 aliphatic carbocycles. The molecule has 0 aliphatic rings. The summed E-state index contributed by atoms with van der Waals surface area (Å²) in [5.41, 5.74) is 0.874. The minimum Gasteiger partial charge on any atom is -0.339 e. The number of benzene rings is 1. The summed E-state index contributed by atoms with van der Waals surface area (Å²) in [5, 5.41) is 7.81. The molecule has 18 heavy (non-hydrogen) atoms. The zero-order chi connectivity index (χ0) is 13.0. The third kappa shape index (κ3) is 3.31. The summed E-state index contributed by atoms with van der Waals surface area (Å²) in [7, 11) is 1.94. The summed E-state index contributed by atoms with van der Waals surface area (Å²) < 4.78 is 5.22. The first-order valence-electron chi connectivity index (χ1n) is 5.95. The van der Waals surface area contributed by atoms with E-state index in [4.69, 9.17) is 16.1 Å². The highest BCUT2D eigenvalue weighted by Crippen LogP contribution is 2.20. The van der Waals surface area contributed by atoms with Gasteiger partial charge in [-0.25, -0.2) is 0 Å². The first-order valence-corrected chi connectivity index (χ1v) is 6.32. The molecule has 0 fully saturated rings. The third-order valence-electron chi connectivity index (χ3n) is 2.83. The van der Waals surface area contributed by atoms with E-state index in [9.17, 15) is 0 Å². The van der Waals surface area contributed by atoms with Crippen molar-refractivity contribution < 1.29 is 4.52 Å². The van der Waals surface area contributed by atoms with E-state index in [0.717, 1.165) is 18.4 Å². The lowest BCUT2D eigenvalue weighted by Gasteiger charge is -2.06. The summed E-state index contributed by atoms with van der Waals surface area (Å²) in [5.74, 6) is 1.25. The Kier molecular flexibility index (Phi) is 4.33. The normalized spacial score (nSPS) is 12.6. The molecule has 2 aromatic rings. The zero-order valence-electron chi connectivity index (χ0n) is 10.5. The summed E-state index contributed by atoms with van der Waals surface area (Å²) in [6.45, 7) is 2.12. The molecule has 0 radical (unpaired) electrons. The fraction of sp³-hybridized carbons (Fsp3) is 0.385. The van der Waals surface area contributed by atoms with Crippen molar-refractivity contribution in [1.29, 1.82) is 0 Å². The molecule has 96 valence electrons. The first kappa shape index (κ1) is 13.1. The van der Waals surface area contributed by atoms with Gasteiger partial charge in [0.15, 0.2) is 0 Å². The van der Waals surface area contributed by atoms with Gasteiger partial charge in [-0.2, -0.15) is 4.98 Å². The smallest absolute Gasteiger partial charge is 0.227 e. The van der Waals surface area contributed by atoms with Crippen LogP contribution in [0.1, 0.15) is 19.2 Å². The Bertz CT molecular complexity index is 512.